The molecule has 0 atom stereocenters. The van der Waals surface area contributed by atoms with Crippen molar-refractivity contribution in [2.24, 2.45) is 0 Å². The molecule has 0 radical (unpaired) electrons. The van der Waals surface area contributed by atoms with Gasteiger partial charge in [0.05, 0.1) is 31.3 Å². The number of ketones is 1. The third-order valence-electron chi connectivity index (χ3n) is 6.87. The average molecular weight is 538 g/mol. The minimum atomic E-state index is -0.210. The van der Waals surface area contributed by atoms with Crippen LogP contribution in [0.3, 0.4) is 0 Å². The molecule has 0 amide bonds. The quantitative estimate of drug-likeness (QED) is 0.522. The van der Waals surface area contributed by atoms with Crippen molar-refractivity contribution in [3.8, 4) is 11.8 Å². The van der Waals surface area contributed by atoms with Crippen molar-refractivity contribution in [3.63, 3.8) is 0 Å². The van der Waals surface area contributed by atoms with E-state index >= 15 is 0 Å². The molecule has 1 aromatic heterocycles. The molecule has 1 N–H and O–H groups in total. The van der Waals surface area contributed by atoms with Crippen LogP contribution in [-0.2, 0) is 12.0 Å². The Labute approximate surface area is 217 Å². The van der Waals surface area contributed by atoms with E-state index in [0.29, 0.717) is 55.7 Å². The largest absolute Gasteiger partial charge is 0.489 e. The molecule has 0 unspecified atom stereocenters. The highest BCUT2D eigenvalue weighted by atomic mass is 79.9. The third kappa shape index (κ3) is 4.92. The minimum Gasteiger partial charge on any atom is -0.489 e. The molecule has 0 bridgehead atoms. The number of nitrogens with one attached hydrogen (secondary N) is 1. The number of fused-ring (bicyclic) bond motifs is 2. The number of hydrogen-bond acceptors (Lipinski definition) is 6. The number of pyridine rings is 1. The summed E-state index contributed by atoms with van der Waals surface area (Å²) in [7, 11) is 0. The van der Waals surface area contributed by atoms with Crippen LogP contribution in [0.15, 0.2) is 24.3 Å². The number of carbonyl (C=O) groups is 1. The Bertz CT molecular complexity index is 1210. The maximum Gasteiger partial charge on any atom is 0.182 e. The lowest BCUT2D eigenvalue weighted by molar-refractivity contribution is 0.0962. The molecule has 0 spiro atoms. The molecule has 3 aliphatic rings. The second-order valence-corrected chi connectivity index (χ2v) is 10.5. The number of ether oxygens (including phenoxy) is 1. The fraction of sp³-hybridized carbons (Fsp3) is 0.481. The Balaban J connectivity index is 0.00000289. The standard InChI is InChI=1S/C27H31N5O2.BrH/c1-27(2,3)20-13-19(14-22-25(20)34-12-11-31(22)10-4-9-28)23(33)16-32-15-18-7-8-21(17-5-6-17)30-24(18)26(32)29;/h7-8,13-14,17,29H,4-6,10-12,15-16H2,1-3H3;1H. The highest BCUT2D eigenvalue weighted by Gasteiger charge is 2.33. The van der Waals surface area contributed by atoms with Gasteiger partial charge in [0.2, 0.25) is 0 Å². The Hall–Kier alpha value is -2.92. The molecule has 1 aromatic carbocycles. The molecule has 1 aliphatic carbocycles. The van der Waals surface area contributed by atoms with E-state index in [2.05, 4.69) is 43.9 Å². The smallest absolute Gasteiger partial charge is 0.182 e. The Morgan fingerprint density at radius 2 is 2.03 bits per heavy atom. The van der Waals surface area contributed by atoms with Crippen LogP contribution >= 0.6 is 17.0 Å². The number of benzene rings is 1. The second-order valence-electron chi connectivity index (χ2n) is 10.5. The van der Waals surface area contributed by atoms with Gasteiger partial charge in [0, 0.05) is 41.4 Å². The Morgan fingerprint density at radius 1 is 1.26 bits per heavy atom. The zero-order valence-electron chi connectivity index (χ0n) is 20.6. The summed E-state index contributed by atoms with van der Waals surface area (Å²) in [6.07, 6.45) is 2.76. The van der Waals surface area contributed by atoms with Crippen molar-refractivity contribution in [1.29, 1.82) is 10.7 Å². The van der Waals surface area contributed by atoms with Crippen molar-refractivity contribution in [2.75, 3.05) is 31.1 Å². The first-order chi connectivity index (χ1) is 16.3. The highest BCUT2D eigenvalue weighted by Crippen LogP contribution is 2.42. The lowest BCUT2D eigenvalue weighted by atomic mass is 9.84. The fourth-order valence-electron chi connectivity index (χ4n) is 4.79. The monoisotopic (exact) mass is 537 g/mol. The van der Waals surface area contributed by atoms with Gasteiger partial charge in [0.15, 0.2) is 5.78 Å². The van der Waals surface area contributed by atoms with Gasteiger partial charge in [0.1, 0.15) is 23.9 Å². The molecule has 184 valence electrons. The molecule has 5 rings (SSSR count). The second kappa shape index (κ2) is 9.62. The molecule has 3 heterocycles. The topological polar surface area (TPSA) is 93.3 Å². The van der Waals surface area contributed by atoms with E-state index in [-0.39, 0.29) is 34.7 Å². The van der Waals surface area contributed by atoms with Gasteiger partial charge < -0.3 is 14.5 Å². The summed E-state index contributed by atoms with van der Waals surface area (Å²) >= 11 is 0. The Kier molecular flexibility index (Phi) is 6.92. The van der Waals surface area contributed by atoms with E-state index in [1.807, 2.05) is 17.0 Å². The van der Waals surface area contributed by atoms with E-state index < -0.39 is 0 Å². The first-order valence-corrected chi connectivity index (χ1v) is 12.1. The molecule has 7 nitrogen and oxygen atoms in total. The van der Waals surface area contributed by atoms with Crippen LogP contribution < -0.4 is 9.64 Å². The number of Topliss-reactive ketones (excluding diaryl/α,β-unsaturated/α-hetero) is 1. The number of amidine groups is 1. The summed E-state index contributed by atoms with van der Waals surface area (Å²) in [5.74, 6) is 1.65. The summed E-state index contributed by atoms with van der Waals surface area (Å²) < 4.78 is 6.07. The van der Waals surface area contributed by atoms with Gasteiger partial charge in [-0.05, 0) is 36.5 Å². The van der Waals surface area contributed by atoms with Crippen molar-refractivity contribution in [3.05, 3.63) is 52.3 Å². The summed E-state index contributed by atoms with van der Waals surface area (Å²) in [6.45, 7) is 8.88. The van der Waals surface area contributed by atoms with E-state index in [1.165, 1.54) is 12.8 Å². The van der Waals surface area contributed by atoms with E-state index in [4.69, 9.17) is 20.4 Å². The predicted octanol–water partition coefficient (Wildman–Crippen LogP) is 4.97. The van der Waals surface area contributed by atoms with E-state index in [0.717, 1.165) is 28.3 Å². The molecular formula is C27H32BrN5O2. The minimum absolute atomic E-state index is 0. The number of carbonyl (C=O) groups excluding carboxylic acids is 1. The van der Waals surface area contributed by atoms with Gasteiger partial charge in [0.25, 0.3) is 0 Å². The van der Waals surface area contributed by atoms with Crippen LogP contribution in [0.5, 0.6) is 5.75 Å². The molecule has 2 aromatic rings. The SMILES string of the molecule is Br.CC(C)(C)c1cc(C(=O)CN2Cc3ccc(C4CC4)nc3C2=N)cc2c1OCCN2CCC#N. The number of rotatable bonds is 6. The van der Waals surface area contributed by atoms with Crippen LogP contribution in [0.25, 0.3) is 0 Å². The average Bonchev–Trinajstić information content (AvgIpc) is 3.61. The number of nitrogens with zero attached hydrogens (tertiary/aromatic N) is 4. The molecule has 35 heavy (non-hydrogen) atoms. The molecule has 1 fully saturated rings. The van der Waals surface area contributed by atoms with Gasteiger partial charge >= 0.3 is 0 Å². The summed E-state index contributed by atoms with van der Waals surface area (Å²) in [4.78, 5) is 22.2. The third-order valence-corrected chi connectivity index (χ3v) is 6.87. The van der Waals surface area contributed by atoms with Gasteiger partial charge in [-0.25, -0.2) is 4.98 Å². The van der Waals surface area contributed by atoms with Crippen LogP contribution in [-0.4, -0.2) is 47.7 Å². The normalized spacial score (nSPS) is 16.7. The number of hydrogen-bond donors (Lipinski definition) is 1. The zero-order valence-corrected chi connectivity index (χ0v) is 22.3. The maximum atomic E-state index is 13.5. The molecular weight excluding hydrogens is 506 g/mol. The van der Waals surface area contributed by atoms with E-state index in [1.54, 1.807) is 0 Å². The van der Waals surface area contributed by atoms with Crippen LogP contribution in [0, 0.1) is 16.7 Å². The zero-order chi connectivity index (χ0) is 24.0. The van der Waals surface area contributed by atoms with Crippen LogP contribution in [0.1, 0.15) is 78.8 Å². The molecule has 8 heteroatoms. The van der Waals surface area contributed by atoms with Crippen molar-refractivity contribution in [1.82, 2.24) is 9.88 Å². The molecule has 0 saturated heterocycles. The first-order valence-electron chi connectivity index (χ1n) is 12.1. The van der Waals surface area contributed by atoms with Gasteiger partial charge in [-0.1, -0.05) is 26.8 Å². The first kappa shape index (κ1) is 25.2. The Morgan fingerprint density at radius 3 is 2.71 bits per heavy atom. The van der Waals surface area contributed by atoms with E-state index in [9.17, 15) is 4.79 Å². The van der Waals surface area contributed by atoms with Crippen LogP contribution in [0.2, 0.25) is 0 Å². The molecule has 1 saturated carbocycles. The van der Waals surface area contributed by atoms with Gasteiger partial charge in [-0.3, -0.25) is 10.2 Å². The number of aromatic nitrogens is 1. The lowest BCUT2D eigenvalue weighted by Crippen LogP contribution is -2.35. The van der Waals surface area contributed by atoms with Gasteiger partial charge in [-0.15, -0.1) is 17.0 Å². The molecule has 2 aliphatic heterocycles. The number of anilines is 1. The highest BCUT2D eigenvalue weighted by molar-refractivity contribution is 8.93. The number of halogens is 1. The fourth-order valence-corrected chi connectivity index (χ4v) is 4.79. The predicted molar refractivity (Wildman–Crippen MR) is 141 cm³/mol. The van der Waals surface area contributed by atoms with Crippen molar-refractivity contribution < 1.29 is 9.53 Å². The number of nitriles is 1. The summed E-state index contributed by atoms with van der Waals surface area (Å²) in [6, 6.07) is 10.2. The van der Waals surface area contributed by atoms with Crippen LogP contribution in [0.4, 0.5) is 5.69 Å². The van der Waals surface area contributed by atoms with Crippen molar-refractivity contribution >= 4 is 34.3 Å². The summed E-state index contributed by atoms with van der Waals surface area (Å²) in [5, 5.41) is 17.7. The van der Waals surface area contributed by atoms with Gasteiger partial charge in [-0.2, -0.15) is 5.26 Å². The lowest BCUT2D eigenvalue weighted by Gasteiger charge is -2.35. The van der Waals surface area contributed by atoms with Crippen molar-refractivity contribution in [2.45, 2.75) is 57.9 Å². The maximum absolute atomic E-state index is 13.5. The summed E-state index contributed by atoms with van der Waals surface area (Å²) in [5.41, 5.74) is 5.08.